The Morgan fingerprint density at radius 2 is 2.04 bits per heavy atom. The van der Waals surface area contributed by atoms with Crippen molar-refractivity contribution in [1.29, 1.82) is 0 Å². The molecule has 28 heavy (non-hydrogen) atoms. The quantitative estimate of drug-likeness (QED) is 0.255. The third-order valence-corrected chi connectivity index (χ3v) is 5.90. The van der Waals surface area contributed by atoms with E-state index in [1.165, 1.54) is 30.0 Å². The van der Waals surface area contributed by atoms with Crippen molar-refractivity contribution in [2.45, 2.75) is 72.4 Å². The molecule has 9 heteroatoms. The van der Waals surface area contributed by atoms with Gasteiger partial charge in [-0.1, -0.05) is 6.42 Å². The van der Waals surface area contributed by atoms with E-state index in [0.29, 0.717) is 6.54 Å². The van der Waals surface area contributed by atoms with E-state index in [2.05, 4.69) is 49.2 Å². The van der Waals surface area contributed by atoms with Crippen molar-refractivity contribution in [3.05, 3.63) is 27.2 Å². The lowest BCUT2D eigenvalue weighted by molar-refractivity contribution is 0.594. The lowest BCUT2D eigenvalue weighted by atomic mass is 10.2. The summed E-state index contributed by atoms with van der Waals surface area (Å²) in [5, 5.41) is 16.6. The van der Waals surface area contributed by atoms with E-state index in [1.807, 2.05) is 6.92 Å². The predicted molar refractivity (Wildman–Crippen MR) is 126 cm³/mol. The van der Waals surface area contributed by atoms with Crippen LogP contribution in [0, 0.1) is 13.8 Å². The third kappa shape index (κ3) is 6.40. The monoisotopic (exact) mass is 517 g/mol. The molecule has 2 N–H and O–H groups in total. The van der Waals surface area contributed by atoms with Crippen LogP contribution in [-0.4, -0.2) is 38.8 Å². The molecule has 1 aliphatic rings. The second kappa shape index (κ2) is 11.7. The Balaban J connectivity index is 0.00000280. The van der Waals surface area contributed by atoms with Gasteiger partial charge in [0, 0.05) is 37.4 Å². The van der Waals surface area contributed by atoms with E-state index in [-0.39, 0.29) is 24.0 Å². The van der Waals surface area contributed by atoms with Crippen LogP contribution in [0.4, 0.5) is 0 Å². The second-order valence-electron chi connectivity index (χ2n) is 6.97. The zero-order chi connectivity index (χ0) is 19.1. The number of nitrogens with zero attached hydrogens (tertiary/aromatic N) is 5. The Hall–Kier alpha value is -1.23. The van der Waals surface area contributed by atoms with Gasteiger partial charge in [-0.3, -0.25) is 0 Å². The molecule has 156 valence electrons. The van der Waals surface area contributed by atoms with Gasteiger partial charge in [0.25, 0.3) is 0 Å². The van der Waals surface area contributed by atoms with Crippen LogP contribution in [0.3, 0.4) is 0 Å². The largest absolute Gasteiger partial charge is 0.357 e. The molecule has 3 rings (SSSR count). The van der Waals surface area contributed by atoms with Crippen molar-refractivity contribution in [3.8, 4) is 0 Å². The number of nitrogens with one attached hydrogen (secondary N) is 2. The Morgan fingerprint density at radius 1 is 1.18 bits per heavy atom. The fourth-order valence-electron chi connectivity index (χ4n) is 3.28. The van der Waals surface area contributed by atoms with E-state index in [4.69, 9.17) is 0 Å². The van der Waals surface area contributed by atoms with Gasteiger partial charge in [0.15, 0.2) is 5.96 Å². The fourth-order valence-corrected chi connectivity index (χ4v) is 4.14. The highest BCUT2D eigenvalue weighted by atomic mass is 127. The van der Waals surface area contributed by atoms with Crippen LogP contribution in [0.1, 0.15) is 59.8 Å². The number of hydrogen-bond acceptors (Lipinski definition) is 5. The second-order valence-corrected chi connectivity index (χ2v) is 8.26. The van der Waals surface area contributed by atoms with Crippen LogP contribution in [0.15, 0.2) is 4.99 Å². The van der Waals surface area contributed by atoms with E-state index in [0.717, 1.165) is 61.4 Å². The van der Waals surface area contributed by atoms with Crippen LogP contribution in [0.2, 0.25) is 0 Å². The summed E-state index contributed by atoms with van der Waals surface area (Å²) in [5.74, 6) is 3.15. The smallest absolute Gasteiger partial charge is 0.191 e. The molecule has 1 aliphatic heterocycles. The molecular formula is C19H32IN7S. The molecule has 0 unspecified atom stereocenters. The molecular weight excluding hydrogens is 485 g/mol. The minimum Gasteiger partial charge on any atom is -0.357 e. The van der Waals surface area contributed by atoms with Gasteiger partial charge in [-0.05, 0) is 40.0 Å². The van der Waals surface area contributed by atoms with Crippen LogP contribution < -0.4 is 10.6 Å². The fraction of sp³-hybridized carbons (Fsp3) is 0.684. The molecule has 2 aromatic heterocycles. The van der Waals surface area contributed by atoms with E-state index >= 15 is 0 Å². The molecule has 0 radical (unpaired) electrons. The first-order chi connectivity index (χ1) is 13.2. The van der Waals surface area contributed by atoms with Crippen LogP contribution in [0.25, 0.3) is 0 Å². The summed E-state index contributed by atoms with van der Waals surface area (Å²) in [6, 6.07) is 0. The maximum atomic E-state index is 4.66. The van der Waals surface area contributed by atoms with E-state index in [9.17, 15) is 0 Å². The third-order valence-electron chi connectivity index (χ3n) is 4.85. The molecule has 3 heterocycles. The minimum absolute atomic E-state index is 0. The van der Waals surface area contributed by atoms with Gasteiger partial charge in [-0.15, -0.1) is 45.5 Å². The van der Waals surface area contributed by atoms with E-state index < -0.39 is 0 Å². The Kier molecular flexibility index (Phi) is 9.63. The molecule has 0 aliphatic carbocycles. The Labute approximate surface area is 188 Å². The lowest BCUT2D eigenvalue weighted by Crippen LogP contribution is -2.37. The average molecular weight is 517 g/mol. The Morgan fingerprint density at radius 3 is 2.79 bits per heavy atom. The summed E-state index contributed by atoms with van der Waals surface area (Å²) >= 11 is 1.72. The van der Waals surface area contributed by atoms with Crippen molar-refractivity contribution in [2.75, 3.05) is 13.1 Å². The molecule has 0 atom stereocenters. The number of aliphatic imine (C=N–C) groups is 1. The van der Waals surface area contributed by atoms with Crippen molar-refractivity contribution >= 4 is 41.3 Å². The van der Waals surface area contributed by atoms with Gasteiger partial charge in [0.05, 0.1) is 12.2 Å². The van der Waals surface area contributed by atoms with E-state index in [1.54, 1.807) is 11.3 Å². The molecule has 0 aromatic carbocycles. The van der Waals surface area contributed by atoms with Gasteiger partial charge >= 0.3 is 0 Å². The minimum atomic E-state index is 0. The number of thiazole rings is 1. The highest BCUT2D eigenvalue weighted by Gasteiger charge is 2.14. The van der Waals surface area contributed by atoms with Crippen LogP contribution in [-0.2, 0) is 25.9 Å². The van der Waals surface area contributed by atoms with Crippen molar-refractivity contribution in [1.82, 2.24) is 30.4 Å². The Bertz CT molecular complexity index is 749. The molecule has 0 bridgehead atoms. The number of fused-ring (bicyclic) bond motifs is 1. The number of aryl methyl sites for hydroxylation is 4. The molecule has 0 saturated heterocycles. The molecule has 0 spiro atoms. The van der Waals surface area contributed by atoms with Gasteiger partial charge in [0.1, 0.15) is 16.7 Å². The van der Waals surface area contributed by atoms with Gasteiger partial charge < -0.3 is 15.2 Å². The molecule has 0 saturated carbocycles. The molecule has 2 aromatic rings. The van der Waals surface area contributed by atoms with Gasteiger partial charge in [-0.2, -0.15) is 0 Å². The van der Waals surface area contributed by atoms with Crippen molar-refractivity contribution < 1.29 is 0 Å². The maximum absolute atomic E-state index is 4.66. The van der Waals surface area contributed by atoms with Crippen LogP contribution >= 0.6 is 35.3 Å². The van der Waals surface area contributed by atoms with Crippen molar-refractivity contribution in [3.63, 3.8) is 0 Å². The first kappa shape index (κ1) is 23.1. The average Bonchev–Trinajstić information content (AvgIpc) is 3.09. The summed E-state index contributed by atoms with van der Waals surface area (Å²) in [6.45, 7) is 9.64. The first-order valence-corrected chi connectivity index (χ1v) is 10.8. The predicted octanol–water partition coefficient (Wildman–Crippen LogP) is 3.38. The summed E-state index contributed by atoms with van der Waals surface area (Å²) < 4.78 is 2.33. The zero-order valence-electron chi connectivity index (χ0n) is 17.1. The van der Waals surface area contributed by atoms with Gasteiger partial charge in [-0.25, -0.2) is 9.98 Å². The maximum Gasteiger partial charge on any atom is 0.191 e. The summed E-state index contributed by atoms with van der Waals surface area (Å²) in [7, 11) is 0. The molecule has 0 amide bonds. The lowest BCUT2D eigenvalue weighted by Gasteiger charge is -2.11. The molecule has 0 fully saturated rings. The zero-order valence-corrected chi connectivity index (χ0v) is 20.3. The highest BCUT2D eigenvalue weighted by molar-refractivity contribution is 14.0. The normalized spacial score (nSPS) is 14.2. The number of aromatic nitrogens is 4. The summed E-state index contributed by atoms with van der Waals surface area (Å²) in [5.41, 5.74) is 1.11. The number of rotatable bonds is 7. The van der Waals surface area contributed by atoms with Gasteiger partial charge in [0.2, 0.25) is 0 Å². The molecule has 7 nitrogen and oxygen atoms in total. The SMILES string of the molecule is CCNC(=NCc1nc(C)c(C)s1)NCCCc1nnc2n1CCCCC2.I. The standard InChI is InChI=1S/C19H31N7S.HI/c1-4-20-19(22-13-18-23-14(2)15(3)27-18)21-11-8-10-17-25-24-16-9-6-5-7-12-26(16)17;/h4-13H2,1-3H3,(H2,20,21,22);1H. The number of halogens is 1. The van der Waals surface area contributed by atoms with Crippen LogP contribution in [0.5, 0.6) is 0 Å². The summed E-state index contributed by atoms with van der Waals surface area (Å²) in [6.07, 6.45) is 6.80. The number of hydrogen-bond donors (Lipinski definition) is 2. The highest BCUT2D eigenvalue weighted by Crippen LogP contribution is 2.17. The topological polar surface area (TPSA) is 80.0 Å². The summed E-state index contributed by atoms with van der Waals surface area (Å²) in [4.78, 5) is 10.5. The number of guanidine groups is 1. The van der Waals surface area contributed by atoms with Crippen molar-refractivity contribution in [2.24, 2.45) is 4.99 Å². The first-order valence-electron chi connectivity index (χ1n) is 10.0.